The van der Waals surface area contributed by atoms with E-state index in [1.807, 2.05) is 6.92 Å². The summed E-state index contributed by atoms with van der Waals surface area (Å²) in [5.74, 6) is -2.10. The lowest BCUT2D eigenvalue weighted by Gasteiger charge is -2.08. The molecule has 1 aromatic heterocycles. The van der Waals surface area contributed by atoms with Crippen molar-refractivity contribution in [2.75, 3.05) is 5.73 Å². The van der Waals surface area contributed by atoms with Crippen molar-refractivity contribution in [3.8, 4) is 11.6 Å². The Morgan fingerprint density at radius 1 is 1.40 bits per heavy atom. The summed E-state index contributed by atoms with van der Waals surface area (Å²) in [5.41, 5.74) is 6.95. The molecule has 0 aliphatic rings. The predicted octanol–water partition coefficient (Wildman–Crippen LogP) is 3.79. The summed E-state index contributed by atoms with van der Waals surface area (Å²) in [7, 11) is 1.64. The van der Waals surface area contributed by atoms with Crippen LogP contribution >= 0.6 is 15.9 Å². The summed E-state index contributed by atoms with van der Waals surface area (Å²) in [5, 5.41) is 4.21. The van der Waals surface area contributed by atoms with E-state index in [0.717, 1.165) is 12.5 Å². The largest absolute Gasteiger partial charge is 0.434 e. The molecule has 0 fully saturated rings. The van der Waals surface area contributed by atoms with Gasteiger partial charge in [-0.05, 0) is 18.6 Å². The average molecular weight is 346 g/mol. The zero-order valence-corrected chi connectivity index (χ0v) is 12.7. The van der Waals surface area contributed by atoms with Crippen molar-refractivity contribution in [1.82, 2.24) is 9.78 Å². The number of aromatic nitrogens is 2. The standard InChI is InChI=1S/C13H14BrF2N3O/c1-3-4-9-12(17)13(19(2)18-9)20-10-6-7(14)5-8(15)11(10)16/h5-6H,3-4,17H2,1-2H3. The highest BCUT2D eigenvalue weighted by molar-refractivity contribution is 9.10. The van der Waals surface area contributed by atoms with E-state index in [-0.39, 0.29) is 11.6 Å². The van der Waals surface area contributed by atoms with Gasteiger partial charge in [-0.1, -0.05) is 29.3 Å². The van der Waals surface area contributed by atoms with Crippen LogP contribution in [-0.4, -0.2) is 9.78 Å². The lowest BCUT2D eigenvalue weighted by Crippen LogP contribution is -1.99. The average Bonchev–Trinajstić information content (AvgIpc) is 2.63. The summed E-state index contributed by atoms with van der Waals surface area (Å²) >= 11 is 3.09. The molecule has 108 valence electrons. The van der Waals surface area contributed by atoms with Crippen molar-refractivity contribution in [3.63, 3.8) is 0 Å². The van der Waals surface area contributed by atoms with E-state index in [9.17, 15) is 8.78 Å². The minimum absolute atomic E-state index is 0.199. The third kappa shape index (κ3) is 2.77. The molecule has 0 unspecified atom stereocenters. The number of rotatable bonds is 4. The van der Waals surface area contributed by atoms with Crippen molar-refractivity contribution in [3.05, 3.63) is 33.9 Å². The molecular formula is C13H14BrF2N3O. The lowest BCUT2D eigenvalue weighted by atomic mass is 10.2. The van der Waals surface area contributed by atoms with Gasteiger partial charge in [0.25, 0.3) is 0 Å². The Hall–Kier alpha value is -1.63. The second-order valence-electron chi connectivity index (χ2n) is 4.34. The highest BCUT2D eigenvalue weighted by Gasteiger charge is 2.18. The highest BCUT2D eigenvalue weighted by atomic mass is 79.9. The van der Waals surface area contributed by atoms with Crippen molar-refractivity contribution < 1.29 is 13.5 Å². The highest BCUT2D eigenvalue weighted by Crippen LogP contribution is 2.33. The van der Waals surface area contributed by atoms with Crippen molar-refractivity contribution in [1.29, 1.82) is 0 Å². The smallest absolute Gasteiger partial charge is 0.241 e. The van der Waals surface area contributed by atoms with Crippen LogP contribution in [0.25, 0.3) is 0 Å². The molecule has 0 bridgehead atoms. The van der Waals surface area contributed by atoms with E-state index < -0.39 is 11.6 Å². The van der Waals surface area contributed by atoms with Gasteiger partial charge in [-0.25, -0.2) is 9.07 Å². The van der Waals surface area contributed by atoms with E-state index in [1.54, 1.807) is 7.05 Å². The van der Waals surface area contributed by atoms with Gasteiger partial charge in [0.15, 0.2) is 11.6 Å². The van der Waals surface area contributed by atoms with Crippen LogP contribution in [0.1, 0.15) is 19.0 Å². The summed E-state index contributed by atoms with van der Waals surface area (Å²) in [4.78, 5) is 0. The number of nitrogen functional groups attached to an aromatic ring is 1. The summed E-state index contributed by atoms with van der Waals surface area (Å²) in [6, 6.07) is 2.36. The van der Waals surface area contributed by atoms with Gasteiger partial charge in [0.05, 0.1) is 5.69 Å². The second-order valence-corrected chi connectivity index (χ2v) is 5.26. The molecule has 1 heterocycles. The van der Waals surface area contributed by atoms with Gasteiger partial charge in [0.2, 0.25) is 11.7 Å². The SMILES string of the molecule is CCCc1nn(C)c(Oc2cc(Br)cc(F)c2F)c1N. The molecule has 0 aliphatic carbocycles. The number of benzene rings is 1. The quantitative estimate of drug-likeness (QED) is 0.857. The zero-order chi connectivity index (χ0) is 14.9. The maximum Gasteiger partial charge on any atom is 0.241 e. The van der Waals surface area contributed by atoms with Crippen LogP contribution in [0.3, 0.4) is 0 Å². The first-order valence-corrected chi connectivity index (χ1v) is 6.87. The second kappa shape index (κ2) is 5.78. The van der Waals surface area contributed by atoms with Gasteiger partial charge in [-0.3, -0.25) is 0 Å². The first-order valence-electron chi connectivity index (χ1n) is 6.07. The Labute approximate surface area is 123 Å². The molecule has 2 aromatic rings. The van der Waals surface area contributed by atoms with Crippen LogP contribution in [0.15, 0.2) is 16.6 Å². The molecule has 2 N–H and O–H groups in total. The molecule has 4 nitrogen and oxygen atoms in total. The van der Waals surface area contributed by atoms with Crippen LogP contribution in [0.2, 0.25) is 0 Å². The van der Waals surface area contributed by atoms with Gasteiger partial charge in [-0.2, -0.15) is 9.49 Å². The van der Waals surface area contributed by atoms with E-state index in [1.165, 1.54) is 10.7 Å². The molecule has 0 saturated carbocycles. The minimum Gasteiger partial charge on any atom is -0.434 e. The number of hydrogen-bond acceptors (Lipinski definition) is 3. The van der Waals surface area contributed by atoms with Crippen LogP contribution in [-0.2, 0) is 13.5 Å². The van der Waals surface area contributed by atoms with Gasteiger partial charge >= 0.3 is 0 Å². The number of halogens is 3. The van der Waals surface area contributed by atoms with E-state index >= 15 is 0 Å². The lowest BCUT2D eigenvalue weighted by molar-refractivity contribution is 0.388. The monoisotopic (exact) mass is 345 g/mol. The zero-order valence-electron chi connectivity index (χ0n) is 11.1. The number of ether oxygens (including phenoxy) is 1. The number of hydrogen-bond donors (Lipinski definition) is 1. The van der Waals surface area contributed by atoms with Crippen molar-refractivity contribution in [2.24, 2.45) is 7.05 Å². The number of nitrogens with zero attached hydrogens (tertiary/aromatic N) is 2. The summed E-state index contributed by atoms with van der Waals surface area (Å²) in [6.07, 6.45) is 1.57. The van der Waals surface area contributed by atoms with Gasteiger partial charge in [0, 0.05) is 11.5 Å². The fourth-order valence-electron chi connectivity index (χ4n) is 1.83. The van der Waals surface area contributed by atoms with Crippen molar-refractivity contribution in [2.45, 2.75) is 19.8 Å². The number of aryl methyl sites for hydroxylation is 2. The van der Waals surface area contributed by atoms with Crippen LogP contribution in [0.5, 0.6) is 11.6 Å². The Bertz CT molecular complexity index is 643. The van der Waals surface area contributed by atoms with Crippen LogP contribution < -0.4 is 10.5 Å². The van der Waals surface area contributed by atoms with Crippen LogP contribution in [0.4, 0.5) is 14.5 Å². The van der Waals surface area contributed by atoms with Crippen molar-refractivity contribution >= 4 is 21.6 Å². The number of anilines is 1. The summed E-state index contributed by atoms with van der Waals surface area (Å²) < 4.78 is 34.2. The first-order chi connectivity index (χ1) is 9.43. The molecule has 20 heavy (non-hydrogen) atoms. The molecule has 0 spiro atoms. The fourth-order valence-corrected chi connectivity index (χ4v) is 2.24. The normalized spacial score (nSPS) is 10.8. The van der Waals surface area contributed by atoms with E-state index in [0.29, 0.717) is 22.3 Å². The molecule has 0 aliphatic heterocycles. The fraction of sp³-hybridized carbons (Fsp3) is 0.308. The maximum atomic E-state index is 13.7. The molecule has 1 aromatic carbocycles. The van der Waals surface area contributed by atoms with Gasteiger partial charge in [-0.15, -0.1) is 0 Å². The first kappa shape index (κ1) is 14.8. The third-order valence-corrected chi connectivity index (χ3v) is 3.22. The molecular weight excluding hydrogens is 332 g/mol. The molecule has 0 atom stereocenters. The Morgan fingerprint density at radius 2 is 2.10 bits per heavy atom. The Morgan fingerprint density at radius 3 is 2.75 bits per heavy atom. The third-order valence-electron chi connectivity index (χ3n) is 2.76. The summed E-state index contributed by atoms with van der Waals surface area (Å²) in [6.45, 7) is 2.00. The van der Waals surface area contributed by atoms with E-state index in [4.69, 9.17) is 10.5 Å². The minimum atomic E-state index is -1.06. The predicted molar refractivity (Wildman–Crippen MR) is 75.7 cm³/mol. The van der Waals surface area contributed by atoms with E-state index in [2.05, 4.69) is 21.0 Å². The molecule has 0 radical (unpaired) electrons. The molecule has 0 amide bonds. The Kier molecular flexibility index (Phi) is 4.27. The Balaban J connectivity index is 2.40. The molecule has 7 heteroatoms. The topological polar surface area (TPSA) is 53.1 Å². The van der Waals surface area contributed by atoms with Crippen LogP contribution in [0, 0.1) is 11.6 Å². The maximum absolute atomic E-state index is 13.7. The van der Waals surface area contributed by atoms with Gasteiger partial charge < -0.3 is 10.5 Å². The number of nitrogens with two attached hydrogens (primary N) is 1. The molecule has 0 saturated heterocycles. The van der Waals surface area contributed by atoms with Gasteiger partial charge in [0.1, 0.15) is 5.69 Å². The molecule has 2 rings (SSSR count).